The van der Waals surface area contributed by atoms with Crippen LogP contribution < -0.4 is 5.32 Å². The Hall–Kier alpha value is -1.10. The molecule has 1 N–H and O–H groups in total. The van der Waals surface area contributed by atoms with Crippen LogP contribution >= 0.6 is 23.7 Å². The second-order valence-corrected chi connectivity index (χ2v) is 6.71. The largest absolute Gasteiger partial charge is 0.338 e. The standard InChI is InChI=1S/C16H18N2OS.ClH/c19-16(13-10-20-15-4-2-1-3-12(13)15)18-8-6-14-11(9-18)5-7-17-14;/h1-4,10-11,14,17H,5-9H2;1H. The van der Waals surface area contributed by atoms with Crippen LogP contribution in [0.4, 0.5) is 0 Å². The normalized spacial score (nSPS) is 24.7. The third-order valence-corrected chi connectivity index (χ3v) is 5.62. The van der Waals surface area contributed by atoms with E-state index < -0.39 is 0 Å². The van der Waals surface area contributed by atoms with E-state index in [1.807, 2.05) is 17.5 Å². The summed E-state index contributed by atoms with van der Waals surface area (Å²) in [6.07, 6.45) is 2.30. The molecule has 0 saturated carbocycles. The van der Waals surface area contributed by atoms with Crippen molar-refractivity contribution in [2.45, 2.75) is 18.9 Å². The van der Waals surface area contributed by atoms with E-state index in [-0.39, 0.29) is 18.3 Å². The smallest absolute Gasteiger partial charge is 0.255 e. The monoisotopic (exact) mass is 322 g/mol. The first-order valence-electron chi connectivity index (χ1n) is 7.32. The maximum atomic E-state index is 12.8. The Morgan fingerprint density at radius 2 is 2.14 bits per heavy atom. The predicted octanol–water partition coefficient (Wildman–Crippen LogP) is 3.15. The number of carbonyl (C=O) groups excluding carboxylic acids is 1. The van der Waals surface area contributed by atoms with Gasteiger partial charge in [-0.15, -0.1) is 23.7 Å². The van der Waals surface area contributed by atoms with E-state index in [0.29, 0.717) is 12.0 Å². The highest BCUT2D eigenvalue weighted by molar-refractivity contribution is 7.17. The number of carbonyl (C=O) groups is 1. The Morgan fingerprint density at radius 3 is 3.05 bits per heavy atom. The van der Waals surface area contributed by atoms with Crippen molar-refractivity contribution in [2.24, 2.45) is 5.92 Å². The number of benzene rings is 1. The van der Waals surface area contributed by atoms with Gasteiger partial charge >= 0.3 is 0 Å². The van der Waals surface area contributed by atoms with Crippen molar-refractivity contribution < 1.29 is 4.79 Å². The highest BCUT2D eigenvalue weighted by atomic mass is 35.5. The Balaban J connectivity index is 0.00000132. The minimum atomic E-state index is 0. The van der Waals surface area contributed by atoms with Gasteiger partial charge in [0.05, 0.1) is 5.56 Å². The van der Waals surface area contributed by atoms with Gasteiger partial charge in [0.15, 0.2) is 0 Å². The minimum Gasteiger partial charge on any atom is -0.338 e. The van der Waals surface area contributed by atoms with Gasteiger partial charge in [-0.25, -0.2) is 0 Å². The fourth-order valence-corrected chi connectivity index (χ4v) is 4.48. The fourth-order valence-electron chi connectivity index (χ4n) is 3.55. The van der Waals surface area contributed by atoms with E-state index in [1.54, 1.807) is 11.3 Å². The third-order valence-electron chi connectivity index (χ3n) is 4.65. The molecular weight excluding hydrogens is 304 g/mol. The average molecular weight is 323 g/mol. The number of hydrogen-bond acceptors (Lipinski definition) is 3. The van der Waals surface area contributed by atoms with Gasteiger partial charge < -0.3 is 10.2 Å². The molecule has 1 amide bonds. The van der Waals surface area contributed by atoms with Gasteiger partial charge in [0, 0.05) is 34.6 Å². The summed E-state index contributed by atoms with van der Waals surface area (Å²) in [4.78, 5) is 14.8. The van der Waals surface area contributed by atoms with Crippen molar-refractivity contribution in [1.29, 1.82) is 0 Å². The van der Waals surface area contributed by atoms with Crippen molar-refractivity contribution >= 4 is 39.7 Å². The van der Waals surface area contributed by atoms with E-state index in [4.69, 9.17) is 0 Å². The molecule has 3 nitrogen and oxygen atoms in total. The maximum Gasteiger partial charge on any atom is 0.255 e. The number of piperidine rings is 1. The Morgan fingerprint density at radius 1 is 1.29 bits per heavy atom. The Kier molecular flexibility index (Phi) is 4.20. The van der Waals surface area contributed by atoms with Gasteiger partial charge in [-0.05, 0) is 31.4 Å². The summed E-state index contributed by atoms with van der Waals surface area (Å²) in [5, 5.41) is 6.67. The molecule has 2 aliphatic rings. The zero-order chi connectivity index (χ0) is 13.5. The summed E-state index contributed by atoms with van der Waals surface area (Å²) >= 11 is 1.67. The van der Waals surface area contributed by atoms with Crippen LogP contribution in [-0.2, 0) is 0 Å². The molecule has 0 radical (unpaired) electrons. The molecule has 2 saturated heterocycles. The van der Waals surface area contributed by atoms with Crippen molar-refractivity contribution in [1.82, 2.24) is 10.2 Å². The molecule has 5 heteroatoms. The van der Waals surface area contributed by atoms with Gasteiger partial charge in [0.2, 0.25) is 0 Å². The molecule has 0 spiro atoms. The van der Waals surface area contributed by atoms with Crippen LogP contribution in [0.5, 0.6) is 0 Å². The number of amides is 1. The lowest BCUT2D eigenvalue weighted by Crippen LogP contribution is -2.46. The lowest BCUT2D eigenvalue weighted by molar-refractivity contribution is 0.0664. The number of fused-ring (bicyclic) bond motifs is 2. The van der Waals surface area contributed by atoms with E-state index >= 15 is 0 Å². The molecule has 0 aliphatic carbocycles. The van der Waals surface area contributed by atoms with E-state index in [9.17, 15) is 4.79 Å². The molecular formula is C16H19ClN2OS. The quantitative estimate of drug-likeness (QED) is 0.874. The van der Waals surface area contributed by atoms with Crippen LogP contribution in [0.25, 0.3) is 10.1 Å². The van der Waals surface area contributed by atoms with Gasteiger partial charge in [-0.1, -0.05) is 18.2 Å². The Bertz CT molecular complexity index is 657. The molecule has 2 aromatic rings. The average Bonchev–Trinajstić information content (AvgIpc) is 3.12. The van der Waals surface area contributed by atoms with Crippen LogP contribution in [-0.4, -0.2) is 36.5 Å². The van der Waals surface area contributed by atoms with Crippen LogP contribution in [0.3, 0.4) is 0 Å². The van der Waals surface area contributed by atoms with Gasteiger partial charge in [0.25, 0.3) is 5.91 Å². The lowest BCUT2D eigenvalue weighted by atomic mass is 9.93. The first-order valence-corrected chi connectivity index (χ1v) is 8.20. The van der Waals surface area contributed by atoms with Crippen molar-refractivity contribution in [3.05, 3.63) is 35.2 Å². The number of likely N-dealkylation sites (tertiary alicyclic amines) is 1. The molecule has 0 bridgehead atoms. The summed E-state index contributed by atoms with van der Waals surface area (Å²) in [6.45, 7) is 2.91. The molecule has 21 heavy (non-hydrogen) atoms. The zero-order valence-corrected chi connectivity index (χ0v) is 13.4. The number of nitrogens with zero attached hydrogens (tertiary/aromatic N) is 1. The van der Waals surface area contributed by atoms with Gasteiger partial charge in [-0.2, -0.15) is 0 Å². The first kappa shape index (κ1) is 14.8. The summed E-state index contributed by atoms with van der Waals surface area (Å²) in [6, 6.07) is 8.83. The van der Waals surface area contributed by atoms with Crippen molar-refractivity contribution in [3.63, 3.8) is 0 Å². The molecule has 2 aliphatic heterocycles. The highest BCUT2D eigenvalue weighted by Gasteiger charge is 2.34. The summed E-state index contributed by atoms with van der Waals surface area (Å²) < 4.78 is 1.20. The molecule has 2 unspecified atom stereocenters. The summed E-state index contributed by atoms with van der Waals surface area (Å²) in [5.41, 5.74) is 0.884. The van der Waals surface area contributed by atoms with Crippen molar-refractivity contribution in [3.8, 4) is 0 Å². The number of halogens is 1. The molecule has 112 valence electrons. The van der Waals surface area contributed by atoms with Crippen molar-refractivity contribution in [2.75, 3.05) is 19.6 Å². The molecule has 1 aromatic heterocycles. The summed E-state index contributed by atoms with van der Waals surface area (Å²) in [5.74, 6) is 0.866. The first-order chi connectivity index (χ1) is 9.83. The van der Waals surface area contributed by atoms with E-state index in [0.717, 1.165) is 37.0 Å². The minimum absolute atomic E-state index is 0. The molecule has 2 atom stereocenters. The number of nitrogens with one attached hydrogen (secondary N) is 1. The fraction of sp³-hybridized carbons (Fsp3) is 0.438. The summed E-state index contributed by atoms with van der Waals surface area (Å²) in [7, 11) is 0. The van der Waals surface area contributed by atoms with E-state index in [2.05, 4.69) is 22.3 Å². The molecule has 3 heterocycles. The second kappa shape index (κ2) is 5.95. The maximum absolute atomic E-state index is 12.8. The molecule has 1 aromatic carbocycles. The molecule has 4 rings (SSSR count). The van der Waals surface area contributed by atoms with E-state index in [1.165, 1.54) is 11.1 Å². The lowest BCUT2D eigenvalue weighted by Gasteiger charge is -2.34. The van der Waals surface area contributed by atoms with Gasteiger partial charge in [-0.3, -0.25) is 4.79 Å². The Labute approximate surface area is 134 Å². The van der Waals surface area contributed by atoms with Crippen LogP contribution in [0, 0.1) is 5.92 Å². The number of rotatable bonds is 1. The topological polar surface area (TPSA) is 32.3 Å². The second-order valence-electron chi connectivity index (χ2n) is 5.79. The number of thiophene rings is 1. The number of hydrogen-bond donors (Lipinski definition) is 1. The highest BCUT2D eigenvalue weighted by Crippen LogP contribution is 2.30. The van der Waals surface area contributed by atoms with Gasteiger partial charge in [0.1, 0.15) is 0 Å². The van der Waals surface area contributed by atoms with Crippen LogP contribution in [0.2, 0.25) is 0 Å². The molecule has 2 fully saturated rings. The van der Waals surface area contributed by atoms with Crippen LogP contribution in [0.15, 0.2) is 29.6 Å². The predicted molar refractivity (Wildman–Crippen MR) is 89.5 cm³/mol. The van der Waals surface area contributed by atoms with Crippen LogP contribution in [0.1, 0.15) is 23.2 Å². The third kappa shape index (κ3) is 2.56. The SMILES string of the molecule is Cl.O=C(c1csc2ccccc12)N1CCC2NCCC2C1. The zero-order valence-electron chi connectivity index (χ0n) is 11.7.